The molecule has 5 heteroatoms. The van der Waals surface area contributed by atoms with Gasteiger partial charge in [-0.2, -0.15) is 0 Å². The Balaban J connectivity index is 2.10. The Morgan fingerprint density at radius 2 is 1.89 bits per heavy atom. The molecule has 2 rings (SSSR count). The van der Waals surface area contributed by atoms with Crippen LogP contribution < -0.4 is 11.1 Å². The van der Waals surface area contributed by atoms with Gasteiger partial charge >= 0.3 is 0 Å². The zero-order chi connectivity index (χ0) is 12.8. The van der Waals surface area contributed by atoms with E-state index >= 15 is 0 Å². The van der Waals surface area contributed by atoms with Crippen molar-refractivity contribution in [2.75, 3.05) is 18.4 Å². The maximum atomic E-state index is 13.5. The van der Waals surface area contributed by atoms with E-state index in [9.17, 15) is 4.39 Å². The summed E-state index contributed by atoms with van der Waals surface area (Å²) in [5, 5.41) is 3.04. The zero-order valence-corrected chi connectivity index (χ0v) is 9.94. The number of halogens is 1. The summed E-state index contributed by atoms with van der Waals surface area (Å²) in [7, 11) is 0. The van der Waals surface area contributed by atoms with E-state index in [2.05, 4.69) is 15.3 Å². The molecule has 0 saturated heterocycles. The second kappa shape index (κ2) is 6.07. The van der Waals surface area contributed by atoms with Crippen LogP contribution in [0.25, 0.3) is 11.1 Å². The molecule has 0 amide bonds. The molecule has 1 heterocycles. The normalized spacial score (nSPS) is 10.3. The lowest BCUT2D eigenvalue weighted by Crippen LogP contribution is -2.10. The van der Waals surface area contributed by atoms with Crippen LogP contribution in [-0.4, -0.2) is 23.1 Å². The molecule has 0 aliphatic heterocycles. The van der Waals surface area contributed by atoms with Crippen LogP contribution >= 0.6 is 0 Å². The predicted octanol–water partition coefficient (Wildman–Crippen LogP) is 2.04. The number of hydrogen-bond acceptors (Lipinski definition) is 4. The van der Waals surface area contributed by atoms with Crippen LogP contribution in [0, 0.1) is 5.82 Å². The van der Waals surface area contributed by atoms with Crippen molar-refractivity contribution in [2.24, 2.45) is 5.73 Å². The molecule has 0 bridgehead atoms. The fraction of sp³-hybridized carbons (Fsp3) is 0.231. The third-order valence-electron chi connectivity index (χ3n) is 2.50. The van der Waals surface area contributed by atoms with E-state index in [-0.39, 0.29) is 5.82 Å². The number of nitrogens with one attached hydrogen (secondary N) is 1. The van der Waals surface area contributed by atoms with Gasteiger partial charge in [-0.1, -0.05) is 18.2 Å². The summed E-state index contributed by atoms with van der Waals surface area (Å²) in [6, 6.07) is 6.56. The highest BCUT2D eigenvalue weighted by Gasteiger charge is 2.04. The van der Waals surface area contributed by atoms with Crippen LogP contribution in [0.3, 0.4) is 0 Å². The van der Waals surface area contributed by atoms with Gasteiger partial charge in [0.15, 0.2) is 0 Å². The third-order valence-corrected chi connectivity index (χ3v) is 2.50. The summed E-state index contributed by atoms with van der Waals surface area (Å²) in [5.74, 6) is 0.258. The molecular weight excluding hydrogens is 231 g/mol. The molecule has 0 atom stereocenters. The standard InChI is InChI=1S/C13H15FN4/c14-12-5-2-1-4-11(12)10-8-17-13(18-9-10)16-7-3-6-15/h1-2,4-5,8-9H,3,6-7,15H2,(H,16,17,18). The van der Waals surface area contributed by atoms with Gasteiger partial charge < -0.3 is 11.1 Å². The van der Waals surface area contributed by atoms with E-state index in [1.165, 1.54) is 6.07 Å². The van der Waals surface area contributed by atoms with Crippen molar-refractivity contribution < 1.29 is 4.39 Å². The van der Waals surface area contributed by atoms with Crippen LogP contribution in [0.15, 0.2) is 36.7 Å². The smallest absolute Gasteiger partial charge is 0.222 e. The topological polar surface area (TPSA) is 63.8 Å². The molecule has 94 valence electrons. The van der Waals surface area contributed by atoms with Crippen molar-refractivity contribution in [3.63, 3.8) is 0 Å². The molecule has 3 N–H and O–H groups in total. The van der Waals surface area contributed by atoms with Crippen molar-refractivity contribution >= 4 is 5.95 Å². The van der Waals surface area contributed by atoms with Gasteiger partial charge in [0.2, 0.25) is 5.95 Å². The fourth-order valence-corrected chi connectivity index (χ4v) is 1.56. The van der Waals surface area contributed by atoms with E-state index in [0.717, 1.165) is 13.0 Å². The number of nitrogens with zero attached hydrogens (tertiary/aromatic N) is 2. The second-order valence-electron chi connectivity index (χ2n) is 3.84. The van der Waals surface area contributed by atoms with Gasteiger partial charge in [0.1, 0.15) is 5.82 Å². The molecule has 18 heavy (non-hydrogen) atoms. The van der Waals surface area contributed by atoms with E-state index in [0.29, 0.717) is 23.6 Å². The Labute approximate surface area is 105 Å². The molecule has 1 aromatic carbocycles. The first kappa shape index (κ1) is 12.4. The molecule has 0 aliphatic rings. The molecule has 0 fully saturated rings. The summed E-state index contributed by atoms with van der Waals surface area (Å²) < 4.78 is 13.5. The predicted molar refractivity (Wildman–Crippen MR) is 69.6 cm³/mol. The number of rotatable bonds is 5. The minimum atomic E-state index is -0.273. The SMILES string of the molecule is NCCCNc1ncc(-c2ccccc2F)cn1. The van der Waals surface area contributed by atoms with Crippen LogP contribution in [0.5, 0.6) is 0 Å². The highest BCUT2D eigenvalue weighted by atomic mass is 19.1. The monoisotopic (exact) mass is 246 g/mol. The highest BCUT2D eigenvalue weighted by molar-refractivity contribution is 5.62. The van der Waals surface area contributed by atoms with Crippen molar-refractivity contribution in [1.82, 2.24) is 9.97 Å². The maximum absolute atomic E-state index is 13.5. The van der Waals surface area contributed by atoms with E-state index in [1.807, 2.05) is 0 Å². The Kier molecular flexibility index (Phi) is 4.20. The average Bonchev–Trinajstić information content (AvgIpc) is 2.41. The Hall–Kier alpha value is -2.01. The lowest BCUT2D eigenvalue weighted by atomic mass is 10.1. The van der Waals surface area contributed by atoms with Gasteiger partial charge in [0.25, 0.3) is 0 Å². The summed E-state index contributed by atoms with van der Waals surface area (Å²) in [5.41, 5.74) is 6.56. The third kappa shape index (κ3) is 3.01. The van der Waals surface area contributed by atoms with Crippen molar-refractivity contribution in [3.05, 3.63) is 42.5 Å². The first-order valence-corrected chi connectivity index (χ1v) is 5.82. The van der Waals surface area contributed by atoms with Crippen molar-refractivity contribution in [3.8, 4) is 11.1 Å². The van der Waals surface area contributed by atoms with Crippen LogP contribution in [0.1, 0.15) is 6.42 Å². The summed E-state index contributed by atoms with van der Waals surface area (Å²) in [6.45, 7) is 1.36. The number of benzene rings is 1. The molecule has 1 aromatic heterocycles. The van der Waals surface area contributed by atoms with Gasteiger partial charge in [-0.05, 0) is 19.0 Å². The number of anilines is 1. The molecule has 0 spiro atoms. The highest BCUT2D eigenvalue weighted by Crippen LogP contribution is 2.21. The molecule has 4 nitrogen and oxygen atoms in total. The summed E-state index contributed by atoms with van der Waals surface area (Å²) >= 11 is 0. The van der Waals surface area contributed by atoms with E-state index < -0.39 is 0 Å². The van der Waals surface area contributed by atoms with Gasteiger partial charge in [-0.3, -0.25) is 0 Å². The van der Waals surface area contributed by atoms with Gasteiger partial charge in [-0.25, -0.2) is 14.4 Å². The molecule has 0 aliphatic carbocycles. The zero-order valence-electron chi connectivity index (χ0n) is 9.94. The molecule has 0 saturated carbocycles. The lowest BCUT2D eigenvalue weighted by molar-refractivity contribution is 0.631. The van der Waals surface area contributed by atoms with Gasteiger partial charge in [0, 0.05) is 30.1 Å². The Morgan fingerprint density at radius 1 is 1.17 bits per heavy atom. The molecule has 2 aromatic rings. The number of hydrogen-bond donors (Lipinski definition) is 2. The van der Waals surface area contributed by atoms with Crippen molar-refractivity contribution in [2.45, 2.75) is 6.42 Å². The Morgan fingerprint density at radius 3 is 2.56 bits per heavy atom. The van der Waals surface area contributed by atoms with E-state index in [4.69, 9.17) is 5.73 Å². The minimum absolute atomic E-state index is 0.273. The van der Waals surface area contributed by atoms with Crippen LogP contribution in [-0.2, 0) is 0 Å². The van der Waals surface area contributed by atoms with Crippen LogP contribution in [0.2, 0.25) is 0 Å². The summed E-state index contributed by atoms with van der Waals surface area (Å²) in [6.07, 6.45) is 4.07. The lowest BCUT2D eigenvalue weighted by Gasteiger charge is -2.05. The summed E-state index contributed by atoms with van der Waals surface area (Å²) in [4.78, 5) is 8.28. The fourth-order valence-electron chi connectivity index (χ4n) is 1.56. The van der Waals surface area contributed by atoms with Crippen molar-refractivity contribution in [1.29, 1.82) is 0 Å². The average molecular weight is 246 g/mol. The Bertz CT molecular complexity index is 499. The first-order valence-electron chi connectivity index (χ1n) is 5.82. The molecule has 0 unspecified atom stereocenters. The minimum Gasteiger partial charge on any atom is -0.354 e. The quantitative estimate of drug-likeness (QED) is 0.792. The largest absolute Gasteiger partial charge is 0.354 e. The van der Waals surface area contributed by atoms with E-state index in [1.54, 1.807) is 30.6 Å². The number of nitrogens with two attached hydrogens (primary N) is 1. The maximum Gasteiger partial charge on any atom is 0.222 e. The second-order valence-corrected chi connectivity index (χ2v) is 3.84. The van der Waals surface area contributed by atoms with Crippen LogP contribution in [0.4, 0.5) is 10.3 Å². The number of aromatic nitrogens is 2. The molecule has 0 radical (unpaired) electrons. The molecular formula is C13H15FN4. The first-order chi connectivity index (χ1) is 8.81. The van der Waals surface area contributed by atoms with Gasteiger partial charge in [-0.15, -0.1) is 0 Å². The van der Waals surface area contributed by atoms with Gasteiger partial charge in [0.05, 0.1) is 0 Å².